The molecule has 2 aromatic carbocycles. The summed E-state index contributed by atoms with van der Waals surface area (Å²) in [5.74, 6) is 1.02. The summed E-state index contributed by atoms with van der Waals surface area (Å²) in [5.41, 5.74) is 1.15. The average Bonchev–Trinajstić information content (AvgIpc) is 2.68. The first-order valence-corrected chi connectivity index (χ1v) is 9.51. The molecule has 144 valence electrons. The number of methoxy groups -OCH3 is 1. The van der Waals surface area contributed by atoms with E-state index in [0.717, 1.165) is 25.9 Å². The van der Waals surface area contributed by atoms with E-state index in [2.05, 4.69) is 24.1 Å². The summed E-state index contributed by atoms with van der Waals surface area (Å²) in [6.45, 7) is 5.96. The van der Waals surface area contributed by atoms with E-state index in [9.17, 15) is 4.79 Å². The summed E-state index contributed by atoms with van der Waals surface area (Å²) in [6, 6.07) is 14.2. The topological polar surface area (TPSA) is 50.8 Å². The van der Waals surface area contributed by atoms with Crippen molar-refractivity contribution >= 4 is 29.0 Å². The van der Waals surface area contributed by atoms with E-state index < -0.39 is 0 Å². The van der Waals surface area contributed by atoms with Crippen LogP contribution in [0, 0.1) is 0 Å². The van der Waals surface area contributed by atoms with Gasteiger partial charge in [0.25, 0.3) is 11.1 Å². The summed E-state index contributed by atoms with van der Waals surface area (Å²) in [7, 11) is 1.57. The number of carbonyl (C=O) groups is 1. The number of benzene rings is 2. The molecule has 27 heavy (non-hydrogen) atoms. The van der Waals surface area contributed by atoms with Gasteiger partial charge in [-0.3, -0.25) is 4.79 Å². The molecule has 2 aromatic rings. The number of ether oxygens (including phenoxy) is 2. The molecule has 0 aliphatic carbocycles. The first-order valence-electron chi connectivity index (χ1n) is 9.10. The molecular formula is C21H26N2O3S. The highest BCUT2D eigenvalue weighted by atomic mass is 32.1. The van der Waals surface area contributed by atoms with E-state index in [0.29, 0.717) is 27.9 Å². The third kappa shape index (κ3) is 5.96. The Bertz CT molecular complexity index is 756. The van der Waals surface area contributed by atoms with Gasteiger partial charge in [0, 0.05) is 18.7 Å². The number of hydrogen-bond donors (Lipinski definition) is 1. The van der Waals surface area contributed by atoms with Gasteiger partial charge in [-0.1, -0.05) is 26.0 Å². The van der Waals surface area contributed by atoms with Crippen LogP contribution in [0.5, 0.6) is 11.5 Å². The fourth-order valence-electron chi connectivity index (χ4n) is 2.62. The first-order chi connectivity index (χ1) is 13.1. The Hall–Kier alpha value is -2.60. The molecule has 5 nitrogen and oxygen atoms in total. The van der Waals surface area contributed by atoms with E-state index in [1.54, 1.807) is 43.5 Å². The highest BCUT2D eigenvalue weighted by Gasteiger charge is 2.12. The number of amides is 1. The third-order valence-electron chi connectivity index (χ3n) is 3.92. The second kappa shape index (κ2) is 10.5. The van der Waals surface area contributed by atoms with Crippen molar-refractivity contribution in [3.05, 3.63) is 54.1 Å². The quantitative estimate of drug-likeness (QED) is 0.665. The highest BCUT2D eigenvalue weighted by molar-refractivity contribution is 7.80. The molecule has 6 heteroatoms. The van der Waals surface area contributed by atoms with Gasteiger partial charge in [-0.15, -0.1) is 0 Å². The van der Waals surface area contributed by atoms with Gasteiger partial charge < -0.3 is 19.7 Å². The van der Waals surface area contributed by atoms with Crippen LogP contribution in [0.25, 0.3) is 0 Å². The SMILES string of the molecule is CCCN(CCC)C(=S)Oc1ccc(C(=O)Nc2ccccc2OC)cc1. The van der Waals surface area contributed by atoms with E-state index >= 15 is 0 Å². The van der Waals surface area contributed by atoms with E-state index in [-0.39, 0.29) is 5.91 Å². The second-order valence-corrected chi connectivity index (χ2v) is 6.38. The van der Waals surface area contributed by atoms with E-state index in [1.807, 2.05) is 12.1 Å². The second-order valence-electron chi connectivity index (χ2n) is 6.03. The van der Waals surface area contributed by atoms with E-state index in [4.69, 9.17) is 21.7 Å². The van der Waals surface area contributed by atoms with Crippen LogP contribution in [-0.2, 0) is 0 Å². The Labute approximate surface area is 166 Å². The zero-order valence-corrected chi connectivity index (χ0v) is 16.8. The predicted molar refractivity (Wildman–Crippen MR) is 113 cm³/mol. The van der Waals surface area contributed by atoms with Crippen LogP contribution >= 0.6 is 12.2 Å². The number of anilines is 1. The molecular weight excluding hydrogens is 360 g/mol. The van der Waals surface area contributed by atoms with Crippen molar-refractivity contribution in [1.82, 2.24) is 4.90 Å². The lowest BCUT2D eigenvalue weighted by molar-refractivity contribution is 0.102. The zero-order valence-electron chi connectivity index (χ0n) is 16.0. The molecule has 0 aliphatic heterocycles. The molecule has 0 radical (unpaired) electrons. The average molecular weight is 387 g/mol. The van der Waals surface area contributed by atoms with Crippen LogP contribution in [-0.4, -0.2) is 36.2 Å². The summed E-state index contributed by atoms with van der Waals surface area (Å²) in [6.07, 6.45) is 2.01. The van der Waals surface area contributed by atoms with Gasteiger partial charge in [0.05, 0.1) is 12.8 Å². The zero-order chi connectivity index (χ0) is 19.6. The lowest BCUT2D eigenvalue weighted by atomic mass is 10.2. The molecule has 2 rings (SSSR count). The predicted octanol–water partition coefficient (Wildman–Crippen LogP) is 4.73. The fourth-order valence-corrected chi connectivity index (χ4v) is 2.90. The summed E-state index contributed by atoms with van der Waals surface area (Å²) < 4.78 is 11.0. The minimum Gasteiger partial charge on any atom is -0.495 e. The van der Waals surface area contributed by atoms with Crippen molar-refractivity contribution in [3.8, 4) is 11.5 Å². The number of para-hydroxylation sites is 2. The van der Waals surface area contributed by atoms with Gasteiger partial charge in [0.1, 0.15) is 11.5 Å². The molecule has 0 heterocycles. The standard InChI is InChI=1S/C21H26N2O3S/c1-4-14-23(15-5-2)21(27)26-17-12-10-16(11-13-17)20(24)22-18-8-6-7-9-19(18)25-3/h6-13H,4-5,14-15H2,1-3H3,(H,22,24). The van der Waals surface area contributed by atoms with Gasteiger partial charge in [-0.25, -0.2) is 0 Å². The number of rotatable bonds is 8. The van der Waals surface area contributed by atoms with Crippen LogP contribution in [0.2, 0.25) is 0 Å². The van der Waals surface area contributed by atoms with Crippen LogP contribution in [0.3, 0.4) is 0 Å². The molecule has 1 amide bonds. The highest BCUT2D eigenvalue weighted by Crippen LogP contribution is 2.24. The molecule has 0 saturated carbocycles. The van der Waals surface area contributed by atoms with Crippen molar-refractivity contribution in [3.63, 3.8) is 0 Å². The lowest BCUT2D eigenvalue weighted by Gasteiger charge is -2.23. The summed E-state index contributed by atoms with van der Waals surface area (Å²) >= 11 is 5.40. The van der Waals surface area contributed by atoms with Gasteiger partial charge in [-0.2, -0.15) is 0 Å². The molecule has 1 N–H and O–H groups in total. The van der Waals surface area contributed by atoms with Gasteiger partial charge in [0.2, 0.25) is 0 Å². The van der Waals surface area contributed by atoms with Gasteiger partial charge in [0.15, 0.2) is 0 Å². The smallest absolute Gasteiger partial charge is 0.264 e. The molecule has 0 unspecified atom stereocenters. The van der Waals surface area contributed by atoms with Crippen molar-refractivity contribution in [2.75, 3.05) is 25.5 Å². The summed E-state index contributed by atoms with van der Waals surface area (Å²) in [4.78, 5) is 14.5. The van der Waals surface area contributed by atoms with Crippen LogP contribution < -0.4 is 14.8 Å². The van der Waals surface area contributed by atoms with Crippen LogP contribution in [0.15, 0.2) is 48.5 Å². The maximum atomic E-state index is 12.5. The Morgan fingerprint density at radius 3 is 2.26 bits per heavy atom. The summed E-state index contributed by atoms with van der Waals surface area (Å²) in [5, 5.41) is 3.31. The Balaban J connectivity index is 2.01. The number of hydrogen-bond acceptors (Lipinski definition) is 4. The third-order valence-corrected chi connectivity index (χ3v) is 4.26. The maximum Gasteiger partial charge on any atom is 0.264 e. The number of carbonyl (C=O) groups excluding carboxylic acids is 1. The molecule has 0 aromatic heterocycles. The Morgan fingerprint density at radius 1 is 1.04 bits per heavy atom. The van der Waals surface area contributed by atoms with Crippen molar-refractivity contribution in [2.24, 2.45) is 0 Å². The lowest BCUT2D eigenvalue weighted by Crippen LogP contribution is -2.34. The number of nitrogens with one attached hydrogen (secondary N) is 1. The monoisotopic (exact) mass is 386 g/mol. The molecule has 0 bridgehead atoms. The largest absolute Gasteiger partial charge is 0.495 e. The molecule has 0 saturated heterocycles. The minimum absolute atomic E-state index is 0.216. The van der Waals surface area contributed by atoms with Crippen LogP contribution in [0.4, 0.5) is 5.69 Å². The number of thiocarbonyl (C=S) groups is 1. The Morgan fingerprint density at radius 2 is 1.67 bits per heavy atom. The van der Waals surface area contributed by atoms with Crippen molar-refractivity contribution in [2.45, 2.75) is 26.7 Å². The van der Waals surface area contributed by atoms with Gasteiger partial charge >= 0.3 is 0 Å². The number of nitrogens with zero attached hydrogens (tertiary/aromatic N) is 1. The fraction of sp³-hybridized carbons (Fsp3) is 0.333. The van der Waals surface area contributed by atoms with Crippen molar-refractivity contribution < 1.29 is 14.3 Å². The normalized spacial score (nSPS) is 10.2. The van der Waals surface area contributed by atoms with Gasteiger partial charge in [-0.05, 0) is 61.5 Å². The molecule has 0 spiro atoms. The Kier molecular flexibility index (Phi) is 8.07. The first kappa shape index (κ1) is 20.7. The molecule has 0 atom stereocenters. The van der Waals surface area contributed by atoms with Crippen molar-refractivity contribution in [1.29, 1.82) is 0 Å². The maximum absolute atomic E-state index is 12.5. The molecule has 0 fully saturated rings. The van der Waals surface area contributed by atoms with E-state index in [1.165, 1.54) is 0 Å². The minimum atomic E-state index is -0.216. The molecule has 0 aliphatic rings. The van der Waals surface area contributed by atoms with Crippen LogP contribution in [0.1, 0.15) is 37.0 Å².